The summed E-state index contributed by atoms with van der Waals surface area (Å²) in [7, 11) is 0. The van der Waals surface area contributed by atoms with E-state index in [4.69, 9.17) is 14.2 Å². The maximum absolute atomic E-state index is 6.09. The van der Waals surface area contributed by atoms with Crippen LogP contribution in [0.3, 0.4) is 0 Å². The highest BCUT2D eigenvalue weighted by Crippen LogP contribution is 2.29. The molecular formula is C16H28O3. The quantitative estimate of drug-likeness (QED) is 0.677. The van der Waals surface area contributed by atoms with E-state index < -0.39 is 6.48 Å². The molecule has 0 aromatic rings. The number of hydrogen-bond donors (Lipinski definition) is 0. The standard InChI is InChI=1S/C16H28O3/c1-2-8-13(7-1)17-16(18-14-9-3-4-10-14)19-15-11-5-6-12-15/h13-16H,1-12H2. The van der Waals surface area contributed by atoms with E-state index in [1.807, 2.05) is 0 Å². The molecule has 3 rings (SSSR count). The zero-order valence-electron chi connectivity index (χ0n) is 12.0. The predicted octanol–water partition coefficient (Wildman–Crippen LogP) is 4.15. The molecule has 0 aromatic carbocycles. The Kier molecular flexibility index (Phi) is 5.14. The number of ether oxygens (including phenoxy) is 3. The summed E-state index contributed by atoms with van der Waals surface area (Å²) >= 11 is 0. The zero-order chi connectivity index (χ0) is 12.9. The summed E-state index contributed by atoms with van der Waals surface area (Å²) in [5, 5.41) is 0. The van der Waals surface area contributed by atoms with E-state index >= 15 is 0 Å². The van der Waals surface area contributed by atoms with Gasteiger partial charge in [-0.05, 0) is 38.5 Å². The van der Waals surface area contributed by atoms with Crippen LogP contribution >= 0.6 is 0 Å². The highest BCUT2D eigenvalue weighted by Gasteiger charge is 2.29. The molecule has 0 N–H and O–H groups in total. The monoisotopic (exact) mass is 268 g/mol. The molecule has 0 aromatic heterocycles. The van der Waals surface area contributed by atoms with Gasteiger partial charge in [0.1, 0.15) is 0 Å². The van der Waals surface area contributed by atoms with Gasteiger partial charge in [-0.3, -0.25) is 0 Å². The molecule has 3 fully saturated rings. The molecule has 3 heteroatoms. The first-order chi connectivity index (χ1) is 9.40. The van der Waals surface area contributed by atoms with Crippen LogP contribution in [0.1, 0.15) is 77.0 Å². The Labute approximate surface area is 117 Å². The lowest BCUT2D eigenvalue weighted by Gasteiger charge is -2.27. The van der Waals surface area contributed by atoms with Crippen LogP contribution in [-0.4, -0.2) is 24.8 Å². The third kappa shape index (κ3) is 4.17. The summed E-state index contributed by atoms with van der Waals surface area (Å²) in [4.78, 5) is 0. The van der Waals surface area contributed by atoms with E-state index in [2.05, 4.69) is 0 Å². The zero-order valence-corrected chi connectivity index (χ0v) is 12.0. The highest BCUT2D eigenvalue weighted by atomic mass is 16.9. The molecule has 0 amide bonds. The maximum atomic E-state index is 6.09. The minimum absolute atomic E-state index is 0.368. The molecule has 0 unspecified atom stereocenters. The van der Waals surface area contributed by atoms with Crippen molar-refractivity contribution in [2.24, 2.45) is 0 Å². The SMILES string of the molecule is C1CCC(OC(OC2CCCC2)OC2CCCC2)C1. The normalized spacial score (nSPS) is 27.0. The van der Waals surface area contributed by atoms with E-state index in [1.165, 1.54) is 77.0 Å². The first-order valence-electron chi connectivity index (χ1n) is 8.36. The first-order valence-corrected chi connectivity index (χ1v) is 8.36. The average Bonchev–Trinajstić information content (AvgIpc) is 3.10. The smallest absolute Gasteiger partial charge is 0.272 e. The van der Waals surface area contributed by atoms with Gasteiger partial charge in [0.15, 0.2) is 0 Å². The van der Waals surface area contributed by atoms with Crippen LogP contribution in [0.2, 0.25) is 0 Å². The molecule has 3 nitrogen and oxygen atoms in total. The van der Waals surface area contributed by atoms with Crippen molar-refractivity contribution in [3.05, 3.63) is 0 Å². The summed E-state index contributed by atoms with van der Waals surface area (Å²) in [5.41, 5.74) is 0. The summed E-state index contributed by atoms with van der Waals surface area (Å²) in [5.74, 6) is 0. The lowest BCUT2D eigenvalue weighted by atomic mass is 10.3. The Hall–Kier alpha value is -0.120. The Bertz CT molecular complexity index is 208. The van der Waals surface area contributed by atoms with Crippen molar-refractivity contribution in [1.82, 2.24) is 0 Å². The van der Waals surface area contributed by atoms with Crippen LogP contribution in [0.5, 0.6) is 0 Å². The van der Waals surface area contributed by atoms with Gasteiger partial charge in [0.25, 0.3) is 6.48 Å². The molecule has 0 heterocycles. The van der Waals surface area contributed by atoms with Gasteiger partial charge in [-0.15, -0.1) is 0 Å². The highest BCUT2D eigenvalue weighted by molar-refractivity contribution is 4.71. The molecule has 0 atom stereocenters. The van der Waals surface area contributed by atoms with Crippen molar-refractivity contribution in [1.29, 1.82) is 0 Å². The van der Waals surface area contributed by atoms with Crippen molar-refractivity contribution in [3.63, 3.8) is 0 Å². The van der Waals surface area contributed by atoms with E-state index in [9.17, 15) is 0 Å². The van der Waals surface area contributed by atoms with E-state index in [0.29, 0.717) is 18.3 Å². The number of rotatable bonds is 6. The molecule has 0 bridgehead atoms. The van der Waals surface area contributed by atoms with Gasteiger partial charge in [-0.1, -0.05) is 38.5 Å². The molecule has 19 heavy (non-hydrogen) atoms. The molecule has 0 spiro atoms. The van der Waals surface area contributed by atoms with Crippen molar-refractivity contribution in [3.8, 4) is 0 Å². The van der Waals surface area contributed by atoms with Gasteiger partial charge < -0.3 is 14.2 Å². The molecule has 0 radical (unpaired) electrons. The fourth-order valence-corrected chi connectivity index (χ4v) is 3.64. The first kappa shape index (κ1) is 13.8. The van der Waals surface area contributed by atoms with E-state index in [-0.39, 0.29) is 0 Å². The molecule has 0 saturated heterocycles. The topological polar surface area (TPSA) is 27.7 Å². The fourth-order valence-electron chi connectivity index (χ4n) is 3.64. The van der Waals surface area contributed by atoms with Crippen LogP contribution in [0.25, 0.3) is 0 Å². The average molecular weight is 268 g/mol. The van der Waals surface area contributed by atoms with Gasteiger partial charge in [-0.2, -0.15) is 0 Å². The molecule has 3 aliphatic rings. The second kappa shape index (κ2) is 7.05. The Morgan fingerprint density at radius 3 is 1.00 bits per heavy atom. The van der Waals surface area contributed by atoms with Gasteiger partial charge in [-0.25, -0.2) is 0 Å². The van der Waals surface area contributed by atoms with Crippen LogP contribution in [-0.2, 0) is 14.2 Å². The fraction of sp³-hybridized carbons (Fsp3) is 1.00. The van der Waals surface area contributed by atoms with Gasteiger partial charge in [0.05, 0.1) is 18.3 Å². The van der Waals surface area contributed by atoms with Crippen molar-refractivity contribution < 1.29 is 14.2 Å². The Balaban J connectivity index is 1.49. The third-order valence-electron chi connectivity index (χ3n) is 4.82. The second-order valence-electron chi connectivity index (χ2n) is 6.42. The number of hydrogen-bond acceptors (Lipinski definition) is 3. The Morgan fingerprint density at radius 2 is 0.737 bits per heavy atom. The van der Waals surface area contributed by atoms with Crippen LogP contribution in [0, 0.1) is 0 Å². The summed E-state index contributed by atoms with van der Waals surface area (Å²) in [6.07, 6.45) is 16.0. The van der Waals surface area contributed by atoms with Crippen LogP contribution < -0.4 is 0 Å². The largest absolute Gasteiger partial charge is 0.327 e. The van der Waals surface area contributed by atoms with Gasteiger partial charge in [0.2, 0.25) is 0 Å². The molecule has 3 saturated carbocycles. The van der Waals surface area contributed by atoms with Gasteiger partial charge >= 0.3 is 0 Å². The van der Waals surface area contributed by atoms with E-state index in [1.54, 1.807) is 0 Å². The lowest BCUT2D eigenvalue weighted by molar-refractivity contribution is -0.330. The van der Waals surface area contributed by atoms with Crippen LogP contribution in [0.4, 0.5) is 0 Å². The van der Waals surface area contributed by atoms with Crippen molar-refractivity contribution in [2.45, 2.75) is 102 Å². The van der Waals surface area contributed by atoms with Gasteiger partial charge in [0, 0.05) is 0 Å². The molecule has 0 aliphatic heterocycles. The summed E-state index contributed by atoms with van der Waals surface area (Å²) < 4.78 is 18.3. The third-order valence-corrected chi connectivity index (χ3v) is 4.82. The lowest BCUT2D eigenvalue weighted by Crippen LogP contribution is -2.32. The second-order valence-corrected chi connectivity index (χ2v) is 6.42. The minimum Gasteiger partial charge on any atom is -0.327 e. The predicted molar refractivity (Wildman–Crippen MR) is 73.8 cm³/mol. The Morgan fingerprint density at radius 1 is 0.474 bits per heavy atom. The van der Waals surface area contributed by atoms with Crippen molar-refractivity contribution >= 4 is 0 Å². The summed E-state index contributed by atoms with van der Waals surface area (Å²) in [6.45, 7) is -0.394. The minimum atomic E-state index is -0.394. The summed E-state index contributed by atoms with van der Waals surface area (Å²) in [6, 6.07) is 0. The molecule has 110 valence electrons. The van der Waals surface area contributed by atoms with Crippen molar-refractivity contribution in [2.75, 3.05) is 0 Å². The maximum Gasteiger partial charge on any atom is 0.272 e. The molecule has 3 aliphatic carbocycles. The van der Waals surface area contributed by atoms with Crippen LogP contribution in [0.15, 0.2) is 0 Å². The van der Waals surface area contributed by atoms with E-state index in [0.717, 1.165) is 0 Å². The molecular weight excluding hydrogens is 240 g/mol.